The molecule has 1 amide bonds. The van der Waals surface area contributed by atoms with Gasteiger partial charge in [-0.2, -0.15) is 0 Å². The van der Waals surface area contributed by atoms with E-state index in [2.05, 4.69) is 16.3 Å². The molecule has 0 spiro atoms. The maximum absolute atomic E-state index is 11.6. The van der Waals surface area contributed by atoms with Gasteiger partial charge < -0.3 is 19.7 Å². The smallest absolute Gasteiger partial charge is 0.221 e. The Bertz CT molecular complexity index is 697. The topological polar surface area (TPSA) is 63.7 Å². The van der Waals surface area contributed by atoms with Crippen LogP contribution in [0.25, 0.3) is 5.57 Å². The molecule has 0 aromatic carbocycles. The van der Waals surface area contributed by atoms with Crippen molar-refractivity contribution in [3.63, 3.8) is 0 Å². The van der Waals surface area contributed by atoms with Gasteiger partial charge in [-0.05, 0) is 31.1 Å². The number of nitrogens with one attached hydrogen (secondary N) is 1. The Morgan fingerprint density at radius 2 is 2.08 bits per heavy atom. The highest BCUT2D eigenvalue weighted by Crippen LogP contribution is 2.34. The van der Waals surface area contributed by atoms with Crippen molar-refractivity contribution in [2.24, 2.45) is 0 Å². The highest BCUT2D eigenvalue weighted by Gasteiger charge is 2.21. The summed E-state index contributed by atoms with van der Waals surface area (Å²) in [5.41, 5.74) is 3.15. The molecular weight excluding hydrogens is 318 g/mol. The highest BCUT2D eigenvalue weighted by atomic mass is 16.5. The number of allylic oxidation sites excluding steroid dienone is 4. The number of ether oxygens (including phenoxy) is 2. The third-order valence-corrected chi connectivity index (χ3v) is 4.46. The molecule has 0 bridgehead atoms. The van der Waals surface area contributed by atoms with Gasteiger partial charge in [0.1, 0.15) is 0 Å². The van der Waals surface area contributed by atoms with Gasteiger partial charge in [0.25, 0.3) is 0 Å². The zero-order valence-electron chi connectivity index (χ0n) is 14.9. The van der Waals surface area contributed by atoms with Crippen LogP contribution in [0.2, 0.25) is 0 Å². The molecule has 2 aliphatic rings. The Morgan fingerprint density at radius 3 is 2.80 bits per heavy atom. The SMILES string of the molecule is CCOC1=CC=C(c2nc(OC)ccc2N2CCNC(=O)CC2)CC1. The van der Waals surface area contributed by atoms with Crippen molar-refractivity contribution in [2.75, 3.05) is 38.3 Å². The molecular formula is C19H25N3O3. The van der Waals surface area contributed by atoms with Crippen LogP contribution in [0.15, 0.2) is 30.0 Å². The van der Waals surface area contributed by atoms with Gasteiger partial charge in [-0.3, -0.25) is 4.79 Å². The van der Waals surface area contributed by atoms with Crippen molar-refractivity contribution in [3.05, 3.63) is 35.7 Å². The second-order valence-electron chi connectivity index (χ2n) is 6.07. The van der Waals surface area contributed by atoms with Crippen molar-refractivity contribution < 1.29 is 14.3 Å². The van der Waals surface area contributed by atoms with Gasteiger partial charge in [0.15, 0.2) is 0 Å². The van der Waals surface area contributed by atoms with E-state index in [0.717, 1.165) is 36.5 Å². The van der Waals surface area contributed by atoms with Crippen LogP contribution in [0, 0.1) is 0 Å². The molecule has 1 aliphatic carbocycles. The van der Waals surface area contributed by atoms with E-state index in [1.165, 1.54) is 5.57 Å². The van der Waals surface area contributed by atoms with Crippen LogP contribution < -0.4 is 15.0 Å². The van der Waals surface area contributed by atoms with Crippen LogP contribution in [0.4, 0.5) is 5.69 Å². The predicted molar refractivity (Wildman–Crippen MR) is 97.5 cm³/mol. The van der Waals surface area contributed by atoms with Crippen LogP contribution in [-0.4, -0.2) is 44.2 Å². The second kappa shape index (κ2) is 8.05. The Labute approximate surface area is 148 Å². The van der Waals surface area contributed by atoms with Gasteiger partial charge in [-0.25, -0.2) is 4.98 Å². The van der Waals surface area contributed by atoms with Gasteiger partial charge in [-0.15, -0.1) is 0 Å². The Hall–Kier alpha value is -2.50. The maximum atomic E-state index is 11.6. The number of anilines is 1. The summed E-state index contributed by atoms with van der Waals surface area (Å²) in [5, 5.41) is 2.92. The molecule has 6 heteroatoms. The minimum Gasteiger partial charge on any atom is -0.498 e. The molecule has 1 fully saturated rings. The molecule has 25 heavy (non-hydrogen) atoms. The minimum absolute atomic E-state index is 0.103. The van der Waals surface area contributed by atoms with Crippen LogP contribution in [-0.2, 0) is 9.53 Å². The molecule has 1 aromatic rings. The molecule has 0 radical (unpaired) electrons. The van der Waals surface area contributed by atoms with E-state index in [1.54, 1.807) is 7.11 Å². The third kappa shape index (κ3) is 4.13. The van der Waals surface area contributed by atoms with E-state index in [0.29, 0.717) is 32.0 Å². The first-order valence-corrected chi connectivity index (χ1v) is 8.81. The zero-order chi connectivity index (χ0) is 17.6. The fourth-order valence-electron chi connectivity index (χ4n) is 3.17. The summed E-state index contributed by atoms with van der Waals surface area (Å²) in [6, 6.07) is 3.92. The first-order chi connectivity index (χ1) is 12.2. The molecule has 1 saturated heterocycles. The number of aromatic nitrogens is 1. The molecule has 6 nitrogen and oxygen atoms in total. The van der Waals surface area contributed by atoms with Gasteiger partial charge in [-0.1, -0.05) is 6.08 Å². The van der Waals surface area contributed by atoms with E-state index < -0.39 is 0 Å². The lowest BCUT2D eigenvalue weighted by molar-refractivity contribution is -0.120. The monoisotopic (exact) mass is 343 g/mol. The fourth-order valence-corrected chi connectivity index (χ4v) is 3.17. The lowest BCUT2D eigenvalue weighted by Gasteiger charge is -2.26. The molecule has 1 N–H and O–H groups in total. The first-order valence-electron chi connectivity index (χ1n) is 8.81. The summed E-state index contributed by atoms with van der Waals surface area (Å²) < 4.78 is 10.9. The van der Waals surface area contributed by atoms with E-state index in [9.17, 15) is 4.79 Å². The molecule has 134 valence electrons. The molecule has 0 atom stereocenters. The Balaban J connectivity index is 1.93. The second-order valence-corrected chi connectivity index (χ2v) is 6.07. The van der Waals surface area contributed by atoms with Crippen LogP contribution in [0.5, 0.6) is 5.88 Å². The number of carbonyl (C=O) groups excluding carboxylic acids is 1. The number of amides is 1. The molecule has 3 rings (SSSR count). The average molecular weight is 343 g/mol. The van der Waals surface area contributed by atoms with E-state index in [1.807, 2.05) is 25.1 Å². The van der Waals surface area contributed by atoms with E-state index in [4.69, 9.17) is 14.5 Å². The van der Waals surface area contributed by atoms with Crippen molar-refractivity contribution >= 4 is 17.2 Å². The van der Waals surface area contributed by atoms with Crippen molar-refractivity contribution in [1.29, 1.82) is 0 Å². The normalized spacial score (nSPS) is 18.0. The van der Waals surface area contributed by atoms with Gasteiger partial charge >= 0.3 is 0 Å². The van der Waals surface area contributed by atoms with Crippen LogP contribution in [0.3, 0.4) is 0 Å². The first kappa shape index (κ1) is 17.3. The summed E-state index contributed by atoms with van der Waals surface area (Å²) >= 11 is 0. The molecule has 2 heterocycles. The summed E-state index contributed by atoms with van der Waals surface area (Å²) in [6.07, 6.45) is 6.36. The number of hydrogen-bond acceptors (Lipinski definition) is 5. The maximum Gasteiger partial charge on any atom is 0.221 e. The van der Waals surface area contributed by atoms with E-state index in [-0.39, 0.29) is 5.91 Å². The molecule has 0 unspecified atom stereocenters. The summed E-state index contributed by atoms with van der Waals surface area (Å²) in [5.74, 6) is 1.72. The lowest BCUT2D eigenvalue weighted by Crippen LogP contribution is -2.29. The molecule has 1 aromatic heterocycles. The third-order valence-electron chi connectivity index (χ3n) is 4.46. The standard InChI is InChI=1S/C19H25N3O3/c1-3-25-15-6-4-14(5-7-15)19-16(8-9-18(21-19)24-2)22-12-10-17(23)20-11-13-22/h4,6,8-9H,3,5,7,10-13H2,1-2H3,(H,20,23). The fraction of sp³-hybridized carbons (Fsp3) is 0.474. The number of rotatable bonds is 5. The minimum atomic E-state index is 0.103. The Morgan fingerprint density at radius 1 is 1.20 bits per heavy atom. The predicted octanol–water partition coefficient (Wildman–Crippen LogP) is 2.51. The van der Waals surface area contributed by atoms with Gasteiger partial charge in [0, 0.05) is 38.5 Å². The van der Waals surface area contributed by atoms with Crippen molar-refractivity contribution in [2.45, 2.75) is 26.2 Å². The average Bonchev–Trinajstić information content (AvgIpc) is 2.87. The highest BCUT2D eigenvalue weighted by molar-refractivity contribution is 5.79. The van der Waals surface area contributed by atoms with Crippen LogP contribution in [0.1, 0.15) is 31.9 Å². The van der Waals surface area contributed by atoms with Crippen LogP contribution >= 0.6 is 0 Å². The number of pyridine rings is 1. The van der Waals surface area contributed by atoms with Gasteiger partial charge in [0.2, 0.25) is 11.8 Å². The summed E-state index contributed by atoms with van der Waals surface area (Å²) in [4.78, 5) is 18.6. The number of methoxy groups -OCH3 is 1. The summed E-state index contributed by atoms with van der Waals surface area (Å²) in [7, 11) is 1.63. The molecule has 0 saturated carbocycles. The van der Waals surface area contributed by atoms with E-state index >= 15 is 0 Å². The Kier molecular flexibility index (Phi) is 5.58. The van der Waals surface area contributed by atoms with Gasteiger partial charge in [0.05, 0.1) is 30.9 Å². The lowest BCUT2D eigenvalue weighted by atomic mass is 9.98. The largest absolute Gasteiger partial charge is 0.498 e. The van der Waals surface area contributed by atoms with Crippen molar-refractivity contribution in [1.82, 2.24) is 10.3 Å². The number of nitrogens with zero attached hydrogens (tertiary/aromatic N) is 2. The van der Waals surface area contributed by atoms with Crippen molar-refractivity contribution in [3.8, 4) is 5.88 Å². The molecule has 1 aliphatic heterocycles. The quantitative estimate of drug-likeness (QED) is 0.890. The number of carbonyl (C=O) groups is 1. The summed E-state index contributed by atoms with van der Waals surface area (Å²) in [6.45, 7) is 4.81. The zero-order valence-corrected chi connectivity index (χ0v) is 14.9. The number of hydrogen-bond donors (Lipinski definition) is 1.